The Hall–Kier alpha value is -0.160. The predicted octanol–water partition coefficient (Wildman–Crippen LogP) is 3.42. The van der Waals surface area contributed by atoms with Gasteiger partial charge in [-0.1, -0.05) is 32.9 Å². The molecule has 0 aromatic heterocycles. The van der Waals surface area contributed by atoms with Gasteiger partial charge in [0.25, 0.3) is 0 Å². The lowest BCUT2D eigenvalue weighted by molar-refractivity contribution is 0.0391. The van der Waals surface area contributed by atoms with E-state index < -0.39 is 18.0 Å². The highest BCUT2D eigenvalue weighted by Crippen LogP contribution is 2.31. The lowest BCUT2D eigenvalue weighted by Gasteiger charge is -2.31. The van der Waals surface area contributed by atoms with E-state index in [1.165, 1.54) is 0 Å². The smallest absolute Gasteiger partial charge is 0.142 e. The van der Waals surface area contributed by atoms with Crippen molar-refractivity contribution >= 4 is 28.3 Å². The van der Waals surface area contributed by atoms with Crippen LogP contribution in [-0.2, 0) is 0 Å². The van der Waals surface area contributed by atoms with Crippen LogP contribution >= 0.6 is 28.3 Å². The van der Waals surface area contributed by atoms with E-state index in [0.29, 0.717) is 10.0 Å². The van der Waals surface area contributed by atoms with E-state index in [1.54, 1.807) is 18.2 Å². The van der Waals surface area contributed by atoms with Gasteiger partial charge in [0.2, 0.25) is 0 Å². The van der Waals surface area contributed by atoms with Crippen LogP contribution in [0, 0.1) is 11.2 Å². The summed E-state index contributed by atoms with van der Waals surface area (Å²) in [5, 5.41) is 10.0. The first-order valence-corrected chi connectivity index (χ1v) is 5.92. The molecule has 0 spiro atoms. The maximum atomic E-state index is 13.8. The van der Waals surface area contributed by atoms with Gasteiger partial charge in [0.15, 0.2) is 0 Å². The van der Waals surface area contributed by atoms with E-state index in [-0.39, 0.29) is 17.8 Å². The highest BCUT2D eigenvalue weighted by molar-refractivity contribution is 9.10. The number of hydrogen-bond donors (Lipinski definition) is 2. The Bertz CT molecular complexity index is 381. The number of halogens is 3. The van der Waals surface area contributed by atoms with Crippen molar-refractivity contribution in [1.29, 1.82) is 0 Å². The molecule has 0 aliphatic heterocycles. The Labute approximate surface area is 116 Å². The van der Waals surface area contributed by atoms with Gasteiger partial charge < -0.3 is 10.8 Å². The molecule has 0 radical (unpaired) electrons. The molecule has 0 bridgehead atoms. The summed E-state index contributed by atoms with van der Waals surface area (Å²) in [5.74, 6) is -0.404. The number of aliphatic hydroxyl groups excluding tert-OH is 1. The summed E-state index contributed by atoms with van der Waals surface area (Å²) in [7, 11) is 0. The molecule has 0 saturated carbocycles. The van der Waals surface area contributed by atoms with Crippen molar-refractivity contribution in [3.05, 3.63) is 34.1 Å². The van der Waals surface area contributed by atoms with E-state index in [1.807, 2.05) is 20.8 Å². The molecule has 0 unspecified atom stereocenters. The molecule has 17 heavy (non-hydrogen) atoms. The van der Waals surface area contributed by atoms with E-state index in [4.69, 9.17) is 5.73 Å². The minimum atomic E-state index is -0.795. The van der Waals surface area contributed by atoms with E-state index in [2.05, 4.69) is 15.9 Å². The number of hydrogen-bond acceptors (Lipinski definition) is 2. The number of benzene rings is 1. The van der Waals surface area contributed by atoms with E-state index in [0.717, 1.165) is 0 Å². The topological polar surface area (TPSA) is 46.2 Å². The normalized spacial score (nSPS) is 15.0. The van der Waals surface area contributed by atoms with Gasteiger partial charge in [0, 0.05) is 5.56 Å². The van der Waals surface area contributed by atoms with Crippen LogP contribution in [0.3, 0.4) is 0 Å². The summed E-state index contributed by atoms with van der Waals surface area (Å²) < 4.78 is 14.1. The molecule has 1 aromatic carbocycles. The molecular formula is C12H18BrClFNO. The van der Waals surface area contributed by atoms with Crippen LogP contribution in [0.1, 0.15) is 32.4 Å². The van der Waals surface area contributed by atoms with Crippen LogP contribution in [0.5, 0.6) is 0 Å². The zero-order chi connectivity index (χ0) is 12.5. The monoisotopic (exact) mass is 325 g/mol. The van der Waals surface area contributed by atoms with Gasteiger partial charge in [0.1, 0.15) is 5.82 Å². The number of rotatable bonds is 2. The summed E-state index contributed by atoms with van der Waals surface area (Å²) in [6.45, 7) is 5.61. The molecule has 0 fully saturated rings. The molecule has 1 aromatic rings. The Morgan fingerprint density at radius 2 is 1.88 bits per heavy atom. The summed E-state index contributed by atoms with van der Waals surface area (Å²) in [5.41, 5.74) is 5.83. The van der Waals surface area contributed by atoms with Crippen molar-refractivity contribution in [2.45, 2.75) is 32.9 Å². The zero-order valence-corrected chi connectivity index (χ0v) is 12.5. The molecule has 2 atom stereocenters. The van der Waals surface area contributed by atoms with Gasteiger partial charge in [0.05, 0.1) is 16.6 Å². The van der Waals surface area contributed by atoms with Crippen LogP contribution in [0.2, 0.25) is 0 Å². The van der Waals surface area contributed by atoms with Crippen molar-refractivity contribution in [2.75, 3.05) is 0 Å². The Morgan fingerprint density at radius 1 is 1.35 bits per heavy atom. The molecule has 0 heterocycles. The van der Waals surface area contributed by atoms with Gasteiger partial charge >= 0.3 is 0 Å². The molecule has 98 valence electrons. The third-order valence-corrected chi connectivity index (χ3v) is 3.18. The van der Waals surface area contributed by atoms with Gasteiger partial charge in [-0.05, 0) is 27.4 Å². The molecule has 0 aliphatic carbocycles. The molecule has 0 aliphatic rings. The first-order valence-electron chi connectivity index (χ1n) is 5.12. The summed E-state index contributed by atoms with van der Waals surface area (Å²) >= 11 is 3.10. The fourth-order valence-electron chi connectivity index (χ4n) is 1.49. The van der Waals surface area contributed by atoms with Crippen molar-refractivity contribution in [3.63, 3.8) is 0 Å². The maximum absolute atomic E-state index is 13.8. The zero-order valence-electron chi connectivity index (χ0n) is 10.1. The average molecular weight is 327 g/mol. The van der Waals surface area contributed by atoms with Crippen LogP contribution in [-0.4, -0.2) is 11.2 Å². The van der Waals surface area contributed by atoms with E-state index in [9.17, 15) is 9.50 Å². The Morgan fingerprint density at radius 3 is 2.35 bits per heavy atom. The molecule has 0 saturated heterocycles. The summed E-state index contributed by atoms with van der Waals surface area (Å²) in [6.07, 6.45) is -0.795. The lowest BCUT2D eigenvalue weighted by Crippen LogP contribution is -2.37. The highest BCUT2D eigenvalue weighted by Gasteiger charge is 2.30. The lowest BCUT2D eigenvalue weighted by atomic mass is 9.82. The summed E-state index contributed by atoms with van der Waals surface area (Å²) in [4.78, 5) is 0. The number of aliphatic hydroxyl groups is 1. The molecule has 1 rings (SSSR count). The van der Waals surface area contributed by atoms with Gasteiger partial charge in [-0.2, -0.15) is 0 Å². The molecular weight excluding hydrogens is 308 g/mol. The molecule has 3 N–H and O–H groups in total. The molecule has 5 heteroatoms. The Balaban J connectivity index is 0.00000256. The van der Waals surface area contributed by atoms with Crippen molar-refractivity contribution in [1.82, 2.24) is 0 Å². The Kier molecular flexibility index (Phi) is 6.08. The SMILES string of the molecule is CC(C)(C)[C@@H](O)[C@@H](N)c1cccc(Br)c1F.Cl. The quantitative estimate of drug-likeness (QED) is 0.875. The third kappa shape index (κ3) is 3.91. The van der Waals surface area contributed by atoms with Crippen molar-refractivity contribution < 1.29 is 9.50 Å². The highest BCUT2D eigenvalue weighted by atomic mass is 79.9. The maximum Gasteiger partial charge on any atom is 0.142 e. The van der Waals surface area contributed by atoms with E-state index >= 15 is 0 Å². The first kappa shape index (κ1) is 16.8. The minimum Gasteiger partial charge on any atom is -0.391 e. The van der Waals surface area contributed by atoms with Gasteiger partial charge in [-0.3, -0.25) is 0 Å². The number of nitrogens with two attached hydrogens (primary N) is 1. The fraction of sp³-hybridized carbons (Fsp3) is 0.500. The fourth-order valence-corrected chi connectivity index (χ4v) is 1.87. The van der Waals surface area contributed by atoms with Crippen LogP contribution in [0.25, 0.3) is 0 Å². The minimum absolute atomic E-state index is 0. The summed E-state index contributed by atoms with van der Waals surface area (Å²) in [6, 6.07) is 4.18. The third-order valence-electron chi connectivity index (χ3n) is 2.57. The van der Waals surface area contributed by atoms with Gasteiger partial charge in [-0.15, -0.1) is 12.4 Å². The largest absolute Gasteiger partial charge is 0.391 e. The average Bonchev–Trinajstić information content (AvgIpc) is 2.18. The second-order valence-electron chi connectivity index (χ2n) is 4.98. The van der Waals surface area contributed by atoms with Crippen LogP contribution in [0.4, 0.5) is 4.39 Å². The second kappa shape index (κ2) is 6.14. The first-order chi connectivity index (χ1) is 7.25. The van der Waals surface area contributed by atoms with Gasteiger partial charge in [-0.25, -0.2) is 4.39 Å². The van der Waals surface area contributed by atoms with Crippen LogP contribution in [0.15, 0.2) is 22.7 Å². The predicted molar refractivity (Wildman–Crippen MR) is 73.7 cm³/mol. The standard InChI is InChI=1S/C12H17BrFNO.ClH/c1-12(2,3)11(16)10(15)7-5-4-6-8(13)9(7)14;/h4-6,10-11,16H,15H2,1-3H3;1H/t10-,11-;/m0./s1. The molecule has 2 nitrogen and oxygen atoms in total. The van der Waals surface area contributed by atoms with Crippen molar-refractivity contribution in [3.8, 4) is 0 Å². The van der Waals surface area contributed by atoms with Crippen LogP contribution < -0.4 is 5.73 Å². The van der Waals surface area contributed by atoms with Crippen molar-refractivity contribution in [2.24, 2.45) is 11.1 Å². The molecule has 0 amide bonds. The second-order valence-corrected chi connectivity index (χ2v) is 5.83.